The lowest BCUT2D eigenvalue weighted by atomic mass is 9.91. The summed E-state index contributed by atoms with van der Waals surface area (Å²) in [6.07, 6.45) is 8.69. The monoisotopic (exact) mass is 883 g/mol. The van der Waals surface area contributed by atoms with Crippen LogP contribution in [0.15, 0.2) is 0 Å². The van der Waals surface area contributed by atoms with Crippen LogP contribution in [0, 0.1) is 11.3 Å². The van der Waals surface area contributed by atoms with Crippen LogP contribution in [-0.2, 0) is 31.7 Å². The van der Waals surface area contributed by atoms with Gasteiger partial charge in [-0.2, -0.15) is 0 Å². The molecule has 7 nitrogen and oxygen atoms in total. The summed E-state index contributed by atoms with van der Waals surface area (Å²) in [7, 11) is 2.52. The third-order valence-electron chi connectivity index (χ3n) is 4.10. The first kappa shape index (κ1) is 79.4. The molecule has 1 rings (SSSR count). The molecule has 12 heteroatoms. The Bertz CT molecular complexity index is 669. The number of carbonyl (C=O) groups excluding carboxylic acids is 2. The van der Waals surface area contributed by atoms with Gasteiger partial charge in [0.25, 0.3) is 0 Å². The van der Waals surface area contributed by atoms with Gasteiger partial charge in [0.05, 0.1) is 0 Å². The first-order chi connectivity index (χ1) is 24.1. The van der Waals surface area contributed by atoms with Crippen molar-refractivity contribution < 1.29 is 33.1 Å². The summed E-state index contributed by atoms with van der Waals surface area (Å²) >= 11 is 0. The Labute approximate surface area is 358 Å². The van der Waals surface area contributed by atoms with Crippen LogP contribution < -0.4 is 0 Å². The van der Waals surface area contributed by atoms with E-state index in [1.165, 1.54) is 66.2 Å². The Morgan fingerprint density at radius 3 is 0.745 bits per heavy atom. The van der Waals surface area contributed by atoms with E-state index in [2.05, 4.69) is 138 Å². The molecule has 0 aliphatic heterocycles. The summed E-state index contributed by atoms with van der Waals surface area (Å²) in [5.74, 6) is 1.37. The van der Waals surface area contributed by atoms with E-state index >= 15 is 0 Å². The van der Waals surface area contributed by atoms with Gasteiger partial charge in [-0.15, -0.1) is 0 Å². The summed E-state index contributed by atoms with van der Waals surface area (Å²) in [5, 5.41) is 0. The number of Topliss-reactive ketones (excluding diaryl/α,β-unsaturated/α-hetero) is 2. The molecule has 1 aliphatic rings. The largest absolute Gasteiger partial charge is 0.456 e. The third kappa shape index (κ3) is 274. The quantitative estimate of drug-likeness (QED) is 0.254. The van der Waals surface area contributed by atoms with E-state index in [0.29, 0.717) is 5.41 Å². The predicted octanol–water partition coefficient (Wildman–Crippen LogP) is 15.9. The minimum absolute atomic E-state index is 0. The molecule has 0 unspecified atom stereocenters. The number of ketones is 2. The smallest absolute Gasteiger partial charge is 0.331 e. The van der Waals surface area contributed by atoms with Crippen LogP contribution in [0.25, 0.3) is 0 Å². The molecule has 0 bridgehead atoms. The van der Waals surface area contributed by atoms with Crippen LogP contribution in [0.1, 0.15) is 130 Å². The van der Waals surface area contributed by atoms with Gasteiger partial charge in [-0.1, -0.05) is 127 Å². The zero-order valence-corrected chi connectivity index (χ0v) is 49.7. The molecule has 1 fully saturated rings. The zero-order chi connectivity index (χ0) is 47.5. The third-order valence-corrected chi connectivity index (χ3v) is 12.2. The average molecular weight is 884 g/mol. The fraction of sp³-hybridized carbons (Fsp3) is 0.953. The maximum atomic E-state index is 9.44. The Balaban J connectivity index is -0.0000000451. The lowest BCUT2D eigenvalue weighted by Gasteiger charge is -2.27. The van der Waals surface area contributed by atoms with Crippen LogP contribution in [0.2, 0.25) is 98.2 Å². The maximum Gasteiger partial charge on any atom is 0.331 e. The molecule has 0 spiro atoms. The fourth-order valence-corrected chi connectivity index (χ4v) is 9.82. The summed E-state index contributed by atoms with van der Waals surface area (Å²) in [5.41, 5.74) is 0.500. The van der Waals surface area contributed by atoms with Gasteiger partial charge >= 0.3 is 8.56 Å². The molecule has 1 saturated carbocycles. The zero-order valence-electron chi connectivity index (χ0n) is 44.7. The molecule has 0 heterocycles. The van der Waals surface area contributed by atoms with Gasteiger partial charge in [-0.3, -0.25) is 0 Å². The highest BCUT2D eigenvalue weighted by Crippen LogP contribution is 2.22. The van der Waals surface area contributed by atoms with Gasteiger partial charge in [0, 0.05) is 45.0 Å². The van der Waals surface area contributed by atoms with Crippen LogP contribution in [0.5, 0.6) is 0 Å². The summed E-state index contributed by atoms with van der Waals surface area (Å²) in [6, 6.07) is 0. The molecular weight excluding hydrogens is 769 g/mol. The van der Waals surface area contributed by atoms with Crippen LogP contribution >= 0.6 is 0 Å². The van der Waals surface area contributed by atoms with Gasteiger partial charge in [0.2, 0.25) is 0 Å². The van der Waals surface area contributed by atoms with Crippen LogP contribution in [-0.4, -0.2) is 88.7 Å². The summed E-state index contributed by atoms with van der Waals surface area (Å²) in [6.45, 7) is 58.7. The van der Waals surface area contributed by atoms with Gasteiger partial charge in [0.1, 0.15) is 11.6 Å². The average Bonchev–Trinajstić information content (AvgIpc) is 2.92. The van der Waals surface area contributed by atoms with Crippen molar-refractivity contribution in [2.45, 2.75) is 227 Å². The van der Waals surface area contributed by atoms with E-state index in [9.17, 15) is 9.59 Å². The van der Waals surface area contributed by atoms with Gasteiger partial charge in [-0.05, 0) is 111 Å². The lowest BCUT2D eigenvalue weighted by Crippen LogP contribution is -2.39. The number of methoxy groups -OCH3 is 1. The summed E-state index contributed by atoms with van der Waals surface area (Å²) in [4.78, 5) is 18.9. The van der Waals surface area contributed by atoms with Crippen molar-refractivity contribution in [3.8, 4) is 0 Å². The second-order valence-electron chi connectivity index (χ2n) is 20.1. The van der Waals surface area contributed by atoms with Crippen molar-refractivity contribution in [3.63, 3.8) is 0 Å². The number of carbonyl (C=O) groups is 2. The molecular formula is C43H114O7Si5. The number of hydrogen-bond donors (Lipinski definition) is 0. The van der Waals surface area contributed by atoms with Crippen molar-refractivity contribution in [3.05, 3.63) is 0 Å². The highest BCUT2D eigenvalue weighted by Gasteiger charge is 2.24. The Hall–Kier alpha value is 0.224. The van der Waals surface area contributed by atoms with Gasteiger partial charge < -0.3 is 31.7 Å². The molecule has 1 aliphatic carbocycles. The van der Waals surface area contributed by atoms with E-state index in [1.54, 1.807) is 35.5 Å². The standard InChI is InChI=1S/C7H14.C6H18OSi2.C5H12.C4H12O2Si.C4H12OSi.C4H12Si.2C3H6O.C3H8.C2H6O.C2H6.H2/c1-7-5-3-2-4-6-7;1-8(2,3)7-9(4,5)6;1-5(2,3)4;1-5-7(3,4)6-2;1-5-6(2,3)4;1-5(2,3)4;2*1-3(2)4;2*1-3-2;1-2;/h7H,2-6H2,1H3;1-6H3;1-4H3;1-4H3;1-4H3;1-4H3;2*1-2H3;3H2,1-2H3;1-2H3;1-2H3;1H. The predicted molar refractivity (Wildman–Crippen MR) is 271 cm³/mol. The molecule has 0 N–H and O–H groups in total. The van der Waals surface area contributed by atoms with Crippen molar-refractivity contribution >= 4 is 53.2 Å². The van der Waals surface area contributed by atoms with E-state index in [1.807, 2.05) is 26.9 Å². The summed E-state index contributed by atoms with van der Waals surface area (Å²) < 4.78 is 25.2. The van der Waals surface area contributed by atoms with Gasteiger partial charge in [0.15, 0.2) is 25.0 Å². The Morgan fingerprint density at radius 2 is 0.709 bits per heavy atom. The molecule has 0 atom stereocenters. The Kier molecular flexibility index (Phi) is 70.1. The maximum absolute atomic E-state index is 9.44. The molecule has 0 aromatic carbocycles. The fourth-order valence-electron chi connectivity index (χ4n) is 2.31. The molecule has 0 aromatic heterocycles. The molecule has 0 amide bonds. The van der Waals surface area contributed by atoms with E-state index in [0.717, 1.165) is 5.92 Å². The molecule has 0 saturated heterocycles. The van der Waals surface area contributed by atoms with Crippen molar-refractivity contribution in [1.29, 1.82) is 0 Å². The molecule has 55 heavy (non-hydrogen) atoms. The minimum atomic E-state index is -1.65. The minimum Gasteiger partial charge on any atom is -0.456 e. The normalized spacial score (nSPS) is 12.2. The van der Waals surface area contributed by atoms with E-state index < -0.39 is 41.6 Å². The Morgan fingerprint density at radius 1 is 0.545 bits per heavy atom. The van der Waals surface area contributed by atoms with Gasteiger partial charge in [-0.25, -0.2) is 0 Å². The highest BCUT2D eigenvalue weighted by atomic mass is 28.4. The second kappa shape index (κ2) is 48.6. The number of rotatable bonds is 5. The highest BCUT2D eigenvalue weighted by molar-refractivity contribution is 6.83. The first-order valence-corrected chi connectivity index (χ1v) is 37.8. The molecule has 0 radical (unpaired) electrons. The number of hydrogen-bond acceptors (Lipinski definition) is 7. The van der Waals surface area contributed by atoms with Crippen molar-refractivity contribution in [2.75, 3.05) is 35.5 Å². The van der Waals surface area contributed by atoms with Crippen LogP contribution in [0.4, 0.5) is 0 Å². The van der Waals surface area contributed by atoms with Crippen LogP contribution in [0.3, 0.4) is 0 Å². The molecule has 348 valence electrons. The van der Waals surface area contributed by atoms with Crippen molar-refractivity contribution in [2.24, 2.45) is 11.3 Å². The van der Waals surface area contributed by atoms with Crippen molar-refractivity contribution in [1.82, 2.24) is 0 Å². The second-order valence-corrected chi connectivity index (χ2v) is 43.6. The topological polar surface area (TPSA) is 80.3 Å². The van der Waals surface area contributed by atoms with E-state index in [4.69, 9.17) is 17.4 Å². The SMILES string of the molecule is CC.CC(C)(C)C.CC(C)=O.CC(C)=O.CC1CCCCC1.CCC.COC.CO[Si](C)(C)C.CO[Si](C)(C)OC.C[Si](C)(C)C.C[Si](C)(C)O[Si](C)(C)C.[HH]. The molecule has 0 aromatic rings. The van der Waals surface area contributed by atoms with E-state index in [-0.39, 0.29) is 13.0 Å². The number of ether oxygens (including phenoxy) is 1. The lowest BCUT2D eigenvalue weighted by molar-refractivity contribution is -0.115. The first-order valence-electron chi connectivity index (χ1n) is 20.8.